The van der Waals surface area contributed by atoms with E-state index >= 15 is 0 Å². The maximum absolute atomic E-state index is 12.3. The fourth-order valence-corrected chi connectivity index (χ4v) is 2.94. The van der Waals surface area contributed by atoms with Crippen LogP contribution in [-0.4, -0.2) is 45.0 Å². The molecule has 0 aliphatic carbocycles. The molecule has 0 unspecified atom stereocenters. The van der Waals surface area contributed by atoms with Crippen molar-refractivity contribution in [2.45, 2.75) is 32.7 Å². The molecule has 0 radical (unpaired) electrons. The molecule has 3 N–H and O–H groups in total. The summed E-state index contributed by atoms with van der Waals surface area (Å²) in [4.78, 5) is 12.3. The quantitative estimate of drug-likeness (QED) is 0.788. The lowest BCUT2D eigenvalue weighted by molar-refractivity contribution is 0.0924. The van der Waals surface area contributed by atoms with Crippen molar-refractivity contribution >= 4 is 18.3 Å². The Morgan fingerprint density at radius 2 is 2.04 bits per heavy atom. The van der Waals surface area contributed by atoms with E-state index in [0.29, 0.717) is 5.69 Å². The zero-order valence-electron chi connectivity index (χ0n) is 13.6. The Kier molecular flexibility index (Phi) is 5.43. The lowest BCUT2D eigenvalue weighted by Crippen LogP contribution is -2.42. The zero-order chi connectivity index (χ0) is 15.7. The number of rotatable bonds is 3. The van der Waals surface area contributed by atoms with E-state index in [1.165, 1.54) is 0 Å². The van der Waals surface area contributed by atoms with Crippen molar-refractivity contribution in [2.24, 2.45) is 7.05 Å². The first kappa shape index (κ1) is 17.5. The van der Waals surface area contributed by atoms with Crippen molar-refractivity contribution in [3.8, 4) is 11.3 Å². The van der Waals surface area contributed by atoms with E-state index in [4.69, 9.17) is 0 Å². The normalized spacial score (nSPS) is 15.3. The van der Waals surface area contributed by atoms with Crippen molar-refractivity contribution in [2.75, 3.05) is 13.1 Å². The van der Waals surface area contributed by atoms with Gasteiger partial charge in [-0.2, -0.15) is 10.2 Å². The molecule has 3 heterocycles. The standard InChI is InChI=1S/C15H22N6O.ClH/c1-9-14(10(2)21(3)20-9)12-8-13(19-18-12)15(22)17-11-4-6-16-7-5-11;/h8,11,16H,4-7H2,1-3H3,(H,17,22)(H,18,19);1H. The highest BCUT2D eigenvalue weighted by Crippen LogP contribution is 2.25. The summed E-state index contributed by atoms with van der Waals surface area (Å²) < 4.78 is 1.83. The van der Waals surface area contributed by atoms with Crippen molar-refractivity contribution in [3.63, 3.8) is 0 Å². The third-order valence-electron chi connectivity index (χ3n) is 4.26. The van der Waals surface area contributed by atoms with Crippen LogP contribution in [0.1, 0.15) is 34.7 Å². The zero-order valence-corrected chi connectivity index (χ0v) is 14.5. The van der Waals surface area contributed by atoms with Gasteiger partial charge in [0.05, 0.1) is 11.4 Å². The van der Waals surface area contributed by atoms with Gasteiger partial charge in [-0.15, -0.1) is 12.4 Å². The molecule has 2 aromatic rings. The Labute approximate surface area is 141 Å². The van der Waals surface area contributed by atoms with Crippen LogP contribution < -0.4 is 10.6 Å². The molecule has 126 valence electrons. The fourth-order valence-electron chi connectivity index (χ4n) is 2.94. The van der Waals surface area contributed by atoms with Crippen molar-refractivity contribution in [1.29, 1.82) is 0 Å². The number of aromatic nitrogens is 4. The van der Waals surface area contributed by atoms with Crippen LogP contribution in [0.25, 0.3) is 11.3 Å². The number of halogens is 1. The highest BCUT2D eigenvalue weighted by Gasteiger charge is 2.20. The Morgan fingerprint density at radius 3 is 2.65 bits per heavy atom. The predicted octanol–water partition coefficient (Wildman–Crippen LogP) is 1.33. The summed E-state index contributed by atoms with van der Waals surface area (Å²) in [6.07, 6.45) is 1.93. The number of nitrogens with one attached hydrogen (secondary N) is 3. The third-order valence-corrected chi connectivity index (χ3v) is 4.26. The molecule has 1 amide bonds. The van der Waals surface area contributed by atoms with Crippen LogP contribution in [0.5, 0.6) is 0 Å². The molecule has 1 aliphatic rings. The number of carbonyl (C=O) groups is 1. The average molecular weight is 339 g/mol. The molecule has 23 heavy (non-hydrogen) atoms. The van der Waals surface area contributed by atoms with Crippen LogP contribution in [-0.2, 0) is 7.05 Å². The van der Waals surface area contributed by atoms with Crippen LogP contribution in [0, 0.1) is 13.8 Å². The van der Waals surface area contributed by atoms with E-state index in [2.05, 4.69) is 25.9 Å². The Hall–Kier alpha value is -1.86. The van der Waals surface area contributed by atoms with E-state index in [1.54, 1.807) is 6.07 Å². The average Bonchev–Trinajstić information content (AvgIpc) is 3.06. The summed E-state index contributed by atoms with van der Waals surface area (Å²) >= 11 is 0. The first-order valence-electron chi connectivity index (χ1n) is 7.64. The number of nitrogens with zero attached hydrogens (tertiary/aromatic N) is 3. The van der Waals surface area contributed by atoms with E-state index in [0.717, 1.165) is 48.6 Å². The highest BCUT2D eigenvalue weighted by atomic mass is 35.5. The van der Waals surface area contributed by atoms with Gasteiger partial charge in [-0.1, -0.05) is 0 Å². The minimum Gasteiger partial charge on any atom is -0.348 e. The van der Waals surface area contributed by atoms with Crippen molar-refractivity contribution < 1.29 is 4.79 Å². The minimum absolute atomic E-state index is 0. The number of hydrogen-bond acceptors (Lipinski definition) is 4. The molecule has 0 atom stereocenters. The van der Waals surface area contributed by atoms with Gasteiger partial charge in [-0.05, 0) is 45.8 Å². The summed E-state index contributed by atoms with van der Waals surface area (Å²) in [6, 6.07) is 2.04. The monoisotopic (exact) mass is 338 g/mol. The van der Waals surface area contributed by atoms with Crippen LogP contribution in [0.2, 0.25) is 0 Å². The maximum Gasteiger partial charge on any atom is 0.269 e. The SMILES string of the molecule is Cc1nn(C)c(C)c1-c1cc(C(=O)NC2CCNCC2)[nH]n1.Cl. The number of piperidine rings is 1. The summed E-state index contributed by atoms with van der Waals surface area (Å²) in [7, 11) is 1.91. The molecule has 1 aliphatic heterocycles. The van der Waals surface area contributed by atoms with Crippen molar-refractivity contribution in [1.82, 2.24) is 30.6 Å². The Balaban J connectivity index is 0.00000192. The summed E-state index contributed by atoms with van der Waals surface area (Å²) in [5.41, 5.74) is 4.19. The second kappa shape index (κ2) is 7.14. The molecule has 0 bridgehead atoms. The molecule has 1 fully saturated rings. The number of hydrogen-bond donors (Lipinski definition) is 3. The van der Waals surface area contributed by atoms with Gasteiger partial charge in [0, 0.05) is 24.3 Å². The Bertz CT molecular complexity index is 686. The number of H-pyrrole nitrogens is 1. The summed E-state index contributed by atoms with van der Waals surface area (Å²) in [5, 5.41) is 17.9. The van der Waals surface area contributed by atoms with Gasteiger partial charge < -0.3 is 10.6 Å². The Morgan fingerprint density at radius 1 is 1.35 bits per heavy atom. The van der Waals surface area contributed by atoms with Crippen LogP contribution >= 0.6 is 12.4 Å². The van der Waals surface area contributed by atoms with Crippen LogP contribution in [0.15, 0.2) is 6.07 Å². The first-order chi connectivity index (χ1) is 10.6. The van der Waals surface area contributed by atoms with Crippen LogP contribution in [0.3, 0.4) is 0 Å². The van der Waals surface area contributed by atoms with E-state index in [1.807, 2.05) is 25.6 Å². The molecular weight excluding hydrogens is 316 g/mol. The lowest BCUT2D eigenvalue weighted by Gasteiger charge is -2.23. The highest BCUT2D eigenvalue weighted by molar-refractivity contribution is 5.93. The molecule has 8 heteroatoms. The lowest BCUT2D eigenvalue weighted by atomic mass is 10.1. The van der Waals surface area contributed by atoms with E-state index < -0.39 is 0 Å². The second-order valence-electron chi connectivity index (χ2n) is 5.83. The predicted molar refractivity (Wildman–Crippen MR) is 90.9 cm³/mol. The molecule has 0 aromatic carbocycles. The van der Waals surface area contributed by atoms with E-state index in [-0.39, 0.29) is 24.4 Å². The van der Waals surface area contributed by atoms with Gasteiger partial charge in [0.15, 0.2) is 0 Å². The van der Waals surface area contributed by atoms with Gasteiger partial charge in [-0.3, -0.25) is 14.6 Å². The van der Waals surface area contributed by atoms with E-state index in [9.17, 15) is 4.79 Å². The molecular formula is C15H23ClN6O. The summed E-state index contributed by atoms with van der Waals surface area (Å²) in [5.74, 6) is -0.0927. The van der Waals surface area contributed by atoms with Crippen molar-refractivity contribution in [3.05, 3.63) is 23.1 Å². The van der Waals surface area contributed by atoms with Crippen LogP contribution in [0.4, 0.5) is 0 Å². The topological polar surface area (TPSA) is 87.6 Å². The fraction of sp³-hybridized carbons (Fsp3) is 0.533. The van der Waals surface area contributed by atoms with Gasteiger partial charge in [0.2, 0.25) is 0 Å². The number of amides is 1. The molecule has 0 saturated carbocycles. The molecule has 2 aromatic heterocycles. The first-order valence-corrected chi connectivity index (χ1v) is 7.64. The summed E-state index contributed by atoms with van der Waals surface area (Å²) in [6.45, 7) is 5.85. The smallest absolute Gasteiger partial charge is 0.269 e. The largest absolute Gasteiger partial charge is 0.348 e. The number of aromatic amines is 1. The molecule has 1 saturated heterocycles. The molecule has 3 rings (SSSR count). The van der Waals surface area contributed by atoms with Gasteiger partial charge in [0.1, 0.15) is 5.69 Å². The number of aryl methyl sites for hydroxylation is 2. The van der Waals surface area contributed by atoms with Gasteiger partial charge in [-0.25, -0.2) is 0 Å². The second-order valence-corrected chi connectivity index (χ2v) is 5.83. The minimum atomic E-state index is -0.0927. The number of carbonyl (C=O) groups excluding carboxylic acids is 1. The molecule has 0 spiro atoms. The molecule has 7 nitrogen and oxygen atoms in total. The maximum atomic E-state index is 12.3. The third kappa shape index (κ3) is 3.56. The van der Waals surface area contributed by atoms with Gasteiger partial charge in [0.25, 0.3) is 5.91 Å². The van der Waals surface area contributed by atoms with Gasteiger partial charge >= 0.3 is 0 Å².